The van der Waals surface area contributed by atoms with Crippen LogP contribution in [0, 0.1) is 0 Å². The normalized spacial score (nSPS) is 10.1. The zero-order valence-corrected chi connectivity index (χ0v) is 10.5. The second kappa shape index (κ2) is 5.25. The Kier molecular flexibility index (Phi) is 3.69. The highest BCUT2D eigenvalue weighted by molar-refractivity contribution is 6.33. The molecule has 0 unspecified atom stereocenters. The van der Waals surface area contributed by atoms with E-state index in [-0.39, 0.29) is 10.6 Å². The van der Waals surface area contributed by atoms with Gasteiger partial charge in [-0.05, 0) is 24.3 Å². The Morgan fingerprint density at radius 1 is 1.28 bits per heavy atom. The first-order valence-corrected chi connectivity index (χ1v) is 5.73. The molecule has 0 radical (unpaired) electrons. The molecular formula is C12H8Cl2N2O2. The van der Waals surface area contributed by atoms with Gasteiger partial charge in [0.15, 0.2) is 0 Å². The molecule has 1 heterocycles. The number of carbonyl (C=O) groups is 1. The summed E-state index contributed by atoms with van der Waals surface area (Å²) in [7, 11) is 0. The number of aromatic carboxylic acids is 1. The molecule has 18 heavy (non-hydrogen) atoms. The third kappa shape index (κ3) is 2.91. The summed E-state index contributed by atoms with van der Waals surface area (Å²) < 4.78 is 0. The fourth-order valence-corrected chi connectivity index (χ4v) is 1.75. The lowest BCUT2D eigenvalue weighted by atomic mass is 10.2. The molecule has 0 spiro atoms. The third-order valence-electron chi connectivity index (χ3n) is 2.18. The molecule has 0 bridgehead atoms. The largest absolute Gasteiger partial charge is 0.478 e. The predicted molar refractivity (Wildman–Crippen MR) is 70.9 cm³/mol. The second-order valence-corrected chi connectivity index (χ2v) is 4.34. The van der Waals surface area contributed by atoms with Crippen LogP contribution in [-0.4, -0.2) is 16.1 Å². The van der Waals surface area contributed by atoms with E-state index in [1.54, 1.807) is 24.3 Å². The molecule has 2 aromatic rings. The Morgan fingerprint density at radius 2 is 2.06 bits per heavy atom. The maximum Gasteiger partial charge on any atom is 0.337 e. The summed E-state index contributed by atoms with van der Waals surface area (Å²) in [4.78, 5) is 14.7. The van der Waals surface area contributed by atoms with E-state index < -0.39 is 5.97 Å². The van der Waals surface area contributed by atoms with E-state index >= 15 is 0 Å². The molecular weight excluding hydrogens is 275 g/mol. The van der Waals surface area contributed by atoms with E-state index in [9.17, 15) is 4.79 Å². The molecule has 1 aromatic carbocycles. The van der Waals surface area contributed by atoms with Gasteiger partial charge in [-0.25, -0.2) is 9.78 Å². The molecule has 6 heteroatoms. The summed E-state index contributed by atoms with van der Waals surface area (Å²) in [5, 5.41) is 12.6. The summed E-state index contributed by atoms with van der Waals surface area (Å²) in [6, 6.07) is 8.38. The number of nitrogens with one attached hydrogen (secondary N) is 1. The van der Waals surface area contributed by atoms with E-state index in [0.29, 0.717) is 10.8 Å². The van der Waals surface area contributed by atoms with Crippen LogP contribution in [0.3, 0.4) is 0 Å². The van der Waals surface area contributed by atoms with Gasteiger partial charge in [0.25, 0.3) is 0 Å². The molecule has 0 amide bonds. The number of benzene rings is 1. The van der Waals surface area contributed by atoms with Crippen LogP contribution >= 0.6 is 23.2 Å². The van der Waals surface area contributed by atoms with E-state index in [0.717, 1.165) is 5.69 Å². The molecule has 0 saturated carbocycles. The van der Waals surface area contributed by atoms with Gasteiger partial charge in [0, 0.05) is 16.9 Å². The number of hydrogen-bond acceptors (Lipinski definition) is 3. The Balaban J connectivity index is 2.27. The molecule has 0 aliphatic heterocycles. The molecule has 92 valence electrons. The number of rotatable bonds is 3. The molecule has 2 rings (SSSR count). The smallest absolute Gasteiger partial charge is 0.337 e. The maximum absolute atomic E-state index is 10.7. The van der Waals surface area contributed by atoms with Crippen LogP contribution in [0.1, 0.15) is 10.4 Å². The van der Waals surface area contributed by atoms with Crippen molar-refractivity contribution in [3.63, 3.8) is 0 Å². The number of hydrogen-bond donors (Lipinski definition) is 2. The Bertz CT molecular complexity index is 602. The van der Waals surface area contributed by atoms with Gasteiger partial charge in [0.05, 0.1) is 10.6 Å². The average molecular weight is 283 g/mol. The fourth-order valence-electron chi connectivity index (χ4n) is 1.35. The topological polar surface area (TPSA) is 62.2 Å². The van der Waals surface area contributed by atoms with Crippen LogP contribution in [-0.2, 0) is 0 Å². The summed E-state index contributed by atoms with van der Waals surface area (Å²) in [5.74, 6) is -0.692. The van der Waals surface area contributed by atoms with Gasteiger partial charge in [-0.2, -0.15) is 0 Å². The number of carboxylic acids is 1. The predicted octanol–water partition coefficient (Wildman–Crippen LogP) is 3.83. The minimum atomic E-state index is -1.07. The van der Waals surface area contributed by atoms with E-state index in [1.807, 2.05) is 0 Å². The SMILES string of the molecule is O=C(O)c1cnc(Nc2cccc(Cl)c2)c(Cl)c1. The number of carboxylic acid groups (broad SMARTS) is 1. The minimum Gasteiger partial charge on any atom is -0.478 e. The van der Waals surface area contributed by atoms with Crippen LogP contribution in [0.15, 0.2) is 36.5 Å². The highest BCUT2D eigenvalue weighted by atomic mass is 35.5. The van der Waals surface area contributed by atoms with Gasteiger partial charge >= 0.3 is 5.97 Å². The van der Waals surface area contributed by atoms with Crippen molar-refractivity contribution in [2.45, 2.75) is 0 Å². The quantitative estimate of drug-likeness (QED) is 0.898. The fraction of sp³-hybridized carbons (Fsp3) is 0. The van der Waals surface area contributed by atoms with Crippen LogP contribution in [0.2, 0.25) is 10.0 Å². The molecule has 2 N–H and O–H groups in total. The van der Waals surface area contributed by atoms with Crippen molar-refractivity contribution >= 4 is 40.7 Å². The number of aromatic nitrogens is 1. The third-order valence-corrected chi connectivity index (χ3v) is 2.70. The second-order valence-electron chi connectivity index (χ2n) is 3.49. The monoisotopic (exact) mass is 282 g/mol. The van der Waals surface area contributed by atoms with Gasteiger partial charge in [0.1, 0.15) is 5.82 Å². The van der Waals surface area contributed by atoms with Crippen LogP contribution < -0.4 is 5.32 Å². The van der Waals surface area contributed by atoms with Crippen molar-refractivity contribution < 1.29 is 9.90 Å². The molecule has 0 aliphatic carbocycles. The summed E-state index contributed by atoms with van der Waals surface area (Å²) in [5.41, 5.74) is 0.761. The number of halogens is 2. The lowest BCUT2D eigenvalue weighted by molar-refractivity contribution is 0.0696. The molecule has 0 fully saturated rings. The lowest BCUT2D eigenvalue weighted by Crippen LogP contribution is -2.00. The van der Waals surface area contributed by atoms with Crippen molar-refractivity contribution in [3.8, 4) is 0 Å². The van der Waals surface area contributed by atoms with Crippen molar-refractivity contribution in [2.75, 3.05) is 5.32 Å². The molecule has 1 aromatic heterocycles. The zero-order valence-electron chi connectivity index (χ0n) is 9.02. The summed E-state index contributed by atoms with van der Waals surface area (Å²) >= 11 is 11.8. The lowest BCUT2D eigenvalue weighted by Gasteiger charge is -2.08. The maximum atomic E-state index is 10.7. The van der Waals surface area contributed by atoms with Gasteiger partial charge in [0.2, 0.25) is 0 Å². The number of anilines is 2. The molecule has 0 atom stereocenters. The standard InChI is InChI=1S/C12H8Cl2N2O2/c13-8-2-1-3-9(5-8)16-11-10(14)4-7(6-15-11)12(17)18/h1-6H,(H,15,16)(H,17,18). The molecule has 4 nitrogen and oxygen atoms in total. The van der Waals surface area contributed by atoms with Gasteiger partial charge < -0.3 is 10.4 Å². The van der Waals surface area contributed by atoms with E-state index in [1.165, 1.54) is 12.3 Å². The average Bonchev–Trinajstić information content (AvgIpc) is 2.31. The molecule has 0 saturated heterocycles. The zero-order chi connectivity index (χ0) is 13.1. The van der Waals surface area contributed by atoms with Crippen molar-refractivity contribution in [1.29, 1.82) is 0 Å². The first-order valence-electron chi connectivity index (χ1n) is 4.97. The Labute approximate surface area is 113 Å². The minimum absolute atomic E-state index is 0.0386. The highest BCUT2D eigenvalue weighted by Gasteiger charge is 2.08. The number of nitrogens with zero attached hydrogens (tertiary/aromatic N) is 1. The summed E-state index contributed by atoms with van der Waals surface area (Å²) in [6.07, 6.45) is 1.24. The Morgan fingerprint density at radius 3 is 2.67 bits per heavy atom. The first kappa shape index (κ1) is 12.7. The Hall–Kier alpha value is -1.78. The van der Waals surface area contributed by atoms with Crippen molar-refractivity contribution in [2.24, 2.45) is 0 Å². The van der Waals surface area contributed by atoms with Gasteiger partial charge in [-0.1, -0.05) is 29.3 Å². The van der Waals surface area contributed by atoms with Gasteiger partial charge in [-0.15, -0.1) is 0 Å². The first-order chi connectivity index (χ1) is 8.56. The van der Waals surface area contributed by atoms with Gasteiger partial charge in [-0.3, -0.25) is 0 Å². The summed E-state index contributed by atoms with van der Waals surface area (Å²) in [6.45, 7) is 0. The molecule has 0 aliphatic rings. The van der Waals surface area contributed by atoms with Crippen molar-refractivity contribution in [1.82, 2.24) is 4.98 Å². The van der Waals surface area contributed by atoms with Crippen LogP contribution in [0.5, 0.6) is 0 Å². The number of pyridine rings is 1. The van der Waals surface area contributed by atoms with E-state index in [4.69, 9.17) is 28.3 Å². The van der Waals surface area contributed by atoms with Crippen molar-refractivity contribution in [3.05, 3.63) is 52.1 Å². The van der Waals surface area contributed by atoms with Crippen LogP contribution in [0.25, 0.3) is 0 Å². The highest BCUT2D eigenvalue weighted by Crippen LogP contribution is 2.25. The van der Waals surface area contributed by atoms with E-state index in [2.05, 4.69) is 10.3 Å². The van der Waals surface area contributed by atoms with Crippen LogP contribution in [0.4, 0.5) is 11.5 Å².